The number of fused-ring (bicyclic) bond motifs is 3. The highest BCUT2D eigenvalue weighted by atomic mass is 32.1. The first-order chi connectivity index (χ1) is 7.66. The zero-order chi connectivity index (χ0) is 11.3. The molecule has 0 atom stereocenters. The molecule has 0 aliphatic carbocycles. The van der Waals surface area contributed by atoms with Gasteiger partial charge in [0.2, 0.25) is 0 Å². The smallest absolute Gasteiger partial charge is 0.314 e. The van der Waals surface area contributed by atoms with E-state index in [4.69, 9.17) is 0 Å². The standard InChI is InChI=1S/C10H5FN2O2S/c11-5-3-1-2-4-6-10(16-7(4)5)13-9(15)8(14)12-6/h1-3H,(H,12,14)(H,13,15). The van der Waals surface area contributed by atoms with Crippen LogP contribution in [-0.2, 0) is 0 Å². The number of benzene rings is 1. The van der Waals surface area contributed by atoms with Crippen molar-refractivity contribution in [3.05, 3.63) is 44.7 Å². The molecule has 0 unspecified atom stereocenters. The second kappa shape index (κ2) is 3.02. The molecule has 16 heavy (non-hydrogen) atoms. The molecule has 3 aromatic rings. The highest BCUT2D eigenvalue weighted by molar-refractivity contribution is 7.25. The summed E-state index contributed by atoms with van der Waals surface area (Å²) in [4.78, 5) is 27.6. The van der Waals surface area contributed by atoms with Crippen LogP contribution in [0.5, 0.6) is 0 Å². The largest absolute Gasteiger partial charge is 0.315 e. The molecule has 3 rings (SSSR count). The molecule has 2 heterocycles. The predicted molar refractivity (Wildman–Crippen MR) is 60.5 cm³/mol. The summed E-state index contributed by atoms with van der Waals surface area (Å²) in [5.41, 5.74) is -0.972. The number of H-pyrrole nitrogens is 2. The quantitative estimate of drug-likeness (QED) is 0.582. The van der Waals surface area contributed by atoms with Gasteiger partial charge in [0, 0.05) is 5.39 Å². The topological polar surface area (TPSA) is 65.7 Å². The van der Waals surface area contributed by atoms with E-state index in [2.05, 4.69) is 9.97 Å². The van der Waals surface area contributed by atoms with Crippen LogP contribution in [0.1, 0.15) is 0 Å². The molecule has 0 saturated carbocycles. The maximum Gasteiger partial charge on any atom is 0.314 e. The predicted octanol–water partition coefficient (Wildman–Crippen LogP) is 1.57. The normalized spacial score (nSPS) is 11.3. The Bertz CT molecular complexity index is 815. The van der Waals surface area contributed by atoms with Gasteiger partial charge in [-0.05, 0) is 6.07 Å². The van der Waals surface area contributed by atoms with Gasteiger partial charge in [-0.25, -0.2) is 4.39 Å². The lowest BCUT2D eigenvalue weighted by Crippen LogP contribution is -2.28. The van der Waals surface area contributed by atoms with Gasteiger partial charge < -0.3 is 9.97 Å². The molecule has 6 heteroatoms. The van der Waals surface area contributed by atoms with E-state index in [9.17, 15) is 14.0 Å². The van der Waals surface area contributed by atoms with E-state index in [0.29, 0.717) is 20.4 Å². The fourth-order valence-electron chi connectivity index (χ4n) is 1.63. The minimum Gasteiger partial charge on any atom is -0.315 e. The van der Waals surface area contributed by atoms with Gasteiger partial charge in [-0.3, -0.25) is 9.59 Å². The van der Waals surface area contributed by atoms with Crippen LogP contribution < -0.4 is 11.1 Å². The van der Waals surface area contributed by atoms with E-state index in [1.165, 1.54) is 6.07 Å². The van der Waals surface area contributed by atoms with Crippen molar-refractivity contribution in [1.29, 1.82) is 0 Å². The molecule has 0 radical (unpaired) electrons. The second-order valence-electron chi connectivity index (χ2n) is 3.33. The van der Waals surface area contributed by atoms with Gasteiger partial charge in [-0.15, -0.1) is 11.3 Å². The minimum absolute atomic E-state index is 0.361. The maximum absolute atomic E-state index is 13.5. The van der Waals surface area contributed by atoms with Crippen molar-refractivity contribution in [3.63, 3.8) is 0 Å². The molecule has 4 nitrogen and oxygen atoms in total. The van der Waals surface area contributed by atoms with E-state index in [-0.39, 0.29) is 5.82 Å². The van der Waals surface area contributed by atoms with Crippen molar-refractivity contribution in [2.45, 2.75) is 0 Å². The van der Waals surface area contributed by atoms with Crippen molar-refractivity contribution in [1.82, 2.24) is 9.97 Å². The number of nitrogens with one attached hydrogen (secondary N) is 2. The average Bonchev–Trinajstić information content (AvgIpc) is 2.59. The summed E-state index contributed by atoms with van der Waals surface area (Å²) in [6.45, 7) is 0. The summed E-state index contributed by atoms with van der Waals surface area (Å²) in [6, 6.07) is 4.60. The van der Waals surface area contributed by atoms with Crippen LogP contribution in [0.4, 0.5) is 4.39 Å². The average molecular weight is 236 g/mol. The van der Waals surface area contributed by atoms with Crippen molar-refractivity contribution >= 4 is 31.8 Å². The molecule has 2 aromatic heterocycles. The van der Waals surface area contributed by atoms with Crippen LogP contribution in [0, 0.1) is 5.82 Å². The number of halogens is 1. The van der Waals surface area contributed by atoms with Gasteiger partial charge in [0.05, 0.1) is 10.2 Å². The Morgan fingerprint density at radius 2 is 1.88 bits per heavy atom. The number of thiophene rings is 1. The van der Waals surface area contributed by atoms with E-state index < -0.39 is 11.1 Å². The Morgan fingerprint density at radius 1 is 1.12 bits per heavy atom. The Hall–Kier alpha value is -1.95. The van der Waals surface area contributed by atoms with Gasteiger partial charge in [-0.1, -0.05) is 12.1 Å². The molecule has 0 aliphatic heterocycles. The summed E-state index contributed by atoms with van der Waals surface area (Å²) >= 11 is 1.11. The molecule has 0 aliphatic rings. The minimum atomic E-state index is -0.725. The summed E-state index contributed by atoms with van der Waals surface area (Å²) in [6.07, 6.45) is 0. The molecular weight excluding hydrogens is 231 g/mol. The Kier molecular flexibility index (Phi) is 1.75. The third-order valence-corrected chi connectivity index (χ3v) is 3.47. The highest BCUT2D eigenvalue weighted by Crippen LogP contribution is 2.31. The zero-order valence-corrected chi connectivity index (χ0v) is 8.65. The highest BCUT2D eigenvalue weighted by Gasteiger charge is 2.10. The molecular formula is C10H5FN2O2S. The number of aromatic nitrogens is 2. The summed E-state index contributed by atoms with van der Waals surface area (Å²) in [5.74, 6) is -0.361. The van der Waals surface area contributed by atoms with Gasteiger partial charge in [0.1, 0.15) is 10.6 Å². The van der Waals surface area contributed by atoms with Crippen LogP contribution >= 0.6 is 11.3 Å². The van der Waals surface area contributed by atoms with Crippen LogP contribution in [0.15, 0.2) is 27.8 Å². The lowest BCUT2D eigenvalue weighted by Gasteiger charge is -1.90. The van der Waals surface area contributed by atoms with Gasteiger partial charge in [-0.2, -0.15) is 0 Å². The second-order valence-corrected chi connectivity index (χ2v) is 4.35. The number of aromatic amines is 2. The first-order valence-corrected chi connectivity index (χ1v) is 5.32. The summed E-state index contributed by atoms with van der Waals surface area (Å²) in [7, 11) is 0. The molecule has 0 amide bonds. The fraction of sp³-hybridized carbons (Fsp3) is 0. The van der Waals surface area contributed by atoms with Crippen LogP contribution in [0.3, 0.4) is 0 Å². The maximum atomic E-state index is 13.5. The lowest BCUT2D eigenvalue weighted by molar-refractivity contribution is 0.642. The van der Waals surface area contributed by atoms with Crippen molar-refractivity contribution in [2.24, 2.45) is 0 Å². The summed E-state index contributed by atoms with van der Waals surface area (Å²) in [5, 5.41) is 0.605. The van der Waals surface area contributed by atoms with Gasteiger partial charge >= 0.3 is 11.1 Å². The van der Waals surface area contributed by atoms with E-state index >= 15 is 0 Å². The van der Waals surface area contributed by atoms with E-state index in [0.717, 1.165) is 11.3 Å². The number of rotatable bonds is 0. The number of hydrogen-bond donors (Lipinski definition) is 2. The fourth-order valence-corrected chi connectivity index (χ4v) is 2.68. The number of hydrogen-bond acceptors (Lipinski definition) is 3. The van der Waals surface area contributed by atoms with Crippen molar-refractivity contribution in [3.8, 4) is 0 Å². The van der Waals surface area contributed by atoms with Crippen LogP contribution in [0.25, 0.3) is 20.4 Å². The Balaban J connectivity index is 2.67. The molecule has 1 aromatic carbocycles. The zero-order valence-electron chi connectivity index (χ0n) is 7.83. The Labute approximate surface area is 91.4 Å². The molecule has 0 saturated heterocycles. The molecule has 80 valence electrons. The monoisotopic (exact) mass is 236 g/mol. The van der Waals surface area contributed by atoms with Crippen molar-refractivity contribution in [2.75, 3.05) is 0 Å². The SMILES string of the molecule is O=c1[nH]c2sc3c(F)cccc3c2[nH]c1=O. The first kappa shape index (κ1) is 9.29. The van der Waals surface area contributed by atoms with Gasteiger partial charge in [0.15, 0.2) is 0 Å². The lowest BCUT2D eigenvalue weighted by atomic mass is 10.2. The third-order valence-electron chi connectivity index (χ3n) is 2.34. The van der Waals surface area contributed by atoms with E-state index in [1.807, 2.05) is 0 Å². The van der Waals surface area contributed by atoms with Gasteiger partial charge in [0.25, 0.3) is 0 Å². The first-order valence-electron chi connectivity index (χ1n) is 4.50. The van der Waals surface area contributed by atoms with Crippen LogP contribution in [0.2, 0.25) is 0 Å². The molecule has 0 spiro atoms. The molecule has 2 N–H and O–H groups in total. The molecule has 0 bridgehead atoms. The van der Waals surface area contributed by atoms with E-state index in [1.54, 1.807) is 12.1 Å². The summed E-state index contributed by atoms with van der Waals surface area (Å²) < 4.78 is 13.9. The molecule has 0 fully saturated rings. The van der Waals surface area contributed by atoms with Crippen molar-refractivity contribution < 1.29 is 4.39 Å². The third kappa shape index (κ3) is 1.13. The Morgan fingerprint density at radius 3 is 2.69 bits per heavy atom. The van der Waals surface area contributed by atoms with Crippen LogP contribution in [-0.4, -0.2) is 9.97 Å².